The van der Waals surface area contributed by atoms with Crippen molar-refractivity contribution in [2.75, 3.05) is 0 Å². The summed E-state index contributed by atoms with van der Waals surface area (Å²) >= 11 is 0. The van der Waals surface area contributed by atoms with Crippen LogP contribution in [0.1, 0.15) is 13.3 Å². The van der Waals surface area contributed by atoms with Gasteiger partial charge in [-0.25, -0.2) is 0 Å². The topological polar surface area (TPSA) is 80.4 Å². The Bertz CT molecular complexity index is 340. The Labute approximate surface area is 71.5 Å². The fourth-order valence-corrected chi connectivity index (χ4v) is 2.00. The van der Waals surface area contributed by atoms with E-state index in [-0.39, 0.29) is 12.1 Å². The van der Waals surface area contributed by atoms with Gasteiger partial charge < -0.3 is 5.73 Å². The molecule has 68 valence electrons. The van der Waals surface area contributed by atoms with Crippen LogP contribution in [0.3, 0.4) is 0 Å². The van der Waals surface area contributed by atoms with Gasteiger partial charge in [-0.2, -0.15) is 8.42 Å². The third-order valence-corrected chi connectivity index (χ3v) is 2.96. The normalized spacial score (nSPS) is 24.7. The standard InChI is InChI=1S/C7H11NO3S/c1-5-2-3-6(8)7(4-5)12(9,10)11/h2-3,7H,4,8H2,1H3,(H,9,10,11). The Morgan fingerprint density at radius 2 is 2.17 bits per heavy atom. The van der Waals surface area contributed by atoms with Crippen LogP contribution in [-0.2, 0) is 10.1 Å². The van der Waals surface area contributed by atoms with Gasteiger partial charge in [0.15, 0.2) is 0 Å². The summed E-state index contributed by atoms with van der Waals surface area (Å²) in [5, 5.41) is -0.956. The second kappa shape index (κ2) is 2.91. The first-order valence-electron chi connectivity index (χ1n) is 3.50. The lowest BCUT2D eigenvalue weighted by atomic mass is 10.0. The molecule has 12 heavy (non-hydrogen) atoms. The van der Waals surface area contributed by atoms with E-state index < -0.39 is 15.4 Å². The molecule has 0 aromatic rings. The number of allylic oxidation sites excluding steroid dienone is 3. The maximum Gasteiger partial charge on any atom is 0.273 e. The molecule has 0 aliphatic heterocycles. The van der Waals surface area contributed by atoms with Crippen molar-refractivity contribution in [1.29, 1.82) is 0 Å². The highest BCUT2D eigenvalue weighted by Gasteiger charge is 2.27. The second-order valence-electron chi connectivity index (χ2n) is 2.89. The fourth-order valence-electron chi connectivity index (χ4n) is 1.10. The first kappa shape index (κ1) is 9.28. The molecule has 0 aromatic carbocycles. The Balaban J connectivity index is 3.00. The van der Waals surface area contributed by atoms with Gasteiger partial charge in [-0.15, -0.1) is 0 Å². The van der Waals surface area contributed by atoms with E-state index in [4.69, 9.17) is 10.3 Å². The van der Waals surface area contributed by atoms with Crippen molar-refractivity contribution in [2.24, 2.45) is 5.73 Å². The minimum absolute atomic E-state index is 0.197. The van der Waals surface area contributed by atoms with E-state index >= 15 is 0 Å². The fraction of sp³-hybridized carbons (Fsp3) is 0.429. The molecule has 0 amide bonds. The van der Waals surface area contributed by atoms with E-state index in [2.05, 4.69) is 0 Å². The average molecular weight is 189 g/mol. The summed E-state index contributed by atoms with van der Waals surface area (Å²) < 4.78 is 30.3. The molecule has 0 fully saturated rings. The van der Waals surface area contributed by atoms with Gasteiger partial charge in [0.05, 0.1) is 0 Å². The lowest BCUT2D eigenvalue weighted by molar-refractivity contribution is 0.471. The van der Waals surface area contributed by atoms with Crippen LogP contribution in [0.4, 0.5) is 0 Å². The molecule has 0 saturated carbocycles. The lowest BCUT2D eigenvalue weighted by Gasteiger charge is -2.17. The zero-order valence-electron chi connectivity index (χ0n) is 6.69. The Hall–Kier alpha value is -0.810. The molecule has 1 aliphatic carbocycles. The van der Waals surface area contributed by atoms with Gasteiger partial charge >= 0.3 is 0 Å². The van der Waals surface area contributed by atoms with Crippen LogP contribution >= 0.6 is 0 Å². The van der Waals surface area contributed by atoms with Crippen LogP contribution in [-0.4, -0.2) is 18.2 Å². The highest BCUT2D eigenvalue weighted by Crippen LogP contribution is 2.20. The third-order valence-electron chi connectivity index (χ3n) is 1.80. The van der Waals surface area contributed by atoms with Gasteiger partial charge in [-0.05, 0) is 19.4 Å². The minimum Gasteiger partial charge on any atom is -0.401 e. The number of hydrogen-bond donors (Lipinski definition) is 2. The van der Waals surface area contributed by atoms with E-state index in [0.717, 1.165) is 5.57 Å². The van der Waals surface area contributed by atoms with Gasteiger partial charge in [0.1, 0.15) is 5.25 Å². The zero-order valence-corrected chi connectivity index (χ0v) is 7.50. The molecule has 0 aromatic heterocycles. The van der Waals surface area contributed by atoms with E-state index in [9.17, 15) is 8.42 Å². The molecule has 1 unspecified atom stereocenters. The summed E-state index contributed by atoms with van der Waals surface area (Å²) in [5.41, 5.74) is 6.50. The molecule has 5 heteroatoms. The first-order chi connectivity index (χ1) is 5.41. The average Bonchev–Trinajstić information content (AvgIpc) is 1.92. The SMILES string of the molecule is CC1=CC=C(N)C(S(=O)(=O)O)C1. The molecule has 0 saturated heterocycles. The molecular formula is C7H11NO3S. The van der Waals surface area contributed by atoms with Gasteiger partial charge in [0.2, 0.25) is 0 Å². The van der Waals surface area contributed by atoms with Crippen LogP contribution < -0.4 is 5.73 Å². The smallest absolute Gasteiger partial charge is 0.273 e. The van der Waals surface area contributed by atoms with Crippen LogP contribution in [0, 0.1) is 0 Å². The van der Waals surface area contributed by atoms with Crippen LogP contribution in [0.5, 0.6) is 0 Å². The van der Waals surface area contributed by atoms with Crippen molar-refractivity contribution in [3.63, 3.8) is 0 Å². The summed E-state index contributed by atoms with van der Waals surface area (Å²) in [6, 6.07) is 0. The summed E-state index contributed by atoms with van der Waals surface area (Å²) in [6.07, 6.45) is 3.54. The van der Waals surface area contributed by atoms with E-state index in [1.165, 1.54) is 6.08 Å². The van der Waals surface area contributed by atoms with Crippen molar-refractivity contribution >= 4 is 10.1 Å². The lowest BCUT2D eigenvalue weighted by Crippen LogP contribution is -2.28. The van der Waals surface area contributed by atoms with Gasteiger partial charge in [-0.3, -0.25) is 4.55 Å². The molecular weight excluding hydrogens is 178 g/mol. The number of nitrogens with two attached hydrogens (primary N) is 1. The molecule has 1 aliphatic rings. The van der Waals surface area contributed by atoms with Gasteiger partial charge in [-0.1, -0.05) is 11.6 Å². The molecule has 1 rings (SSSR count). The Morgan fingerprint density at radius 3 is 2.58 bits per heavy atom. The van der Waals surface area contributed by atoms with E-state index in [1.54, 1.807) is 13.0 Å². The predicted octanol–water partition coefficient (Wildman–Crippen LogP) is 0.435. The Kier molecular flexibility index (Phi) is 2.25. The van der Waals surface area contributed by atoms with Gasteiger partial charge in [0, 0.05) is 5.70 Å². The van der Waals surface area contributed by atoms with Crippen LogP contribution in [0.2, 0.25) is 0 Å². The highest BCUT2D eigenvalue weighted by atomic mass is 32.2. The minimum atomic E-state index is -4.04. The van der Waals surface area contributed by atoms with E-state index in [0.29, 0.717) is 0 Å². The molecule has 4 nitrogen and oxygen atoms in total. The maximum atomic E-state index is 10.7. The van der Waals surface area contributed by atoms with Crippen molar-refractivity contribution < 1.29 is 13.0 Å². The zero-order chi connectivity index (χ0) is 9.35. The molecule has 0 heterocycles. The van der Waals surface area contributed by atoms with Crippen molar-refractivity contribution in [3.05, 3.63) is 23.4 Å². The number of rotatable bonds is 1. The largest absolute Gasteiger partial charge is 0.401 e. The monoisotopic (exact) mass is 189 g/mol. The summed E-state index contributed by atoms with van der Waals surface area (Å²) in [5.74, 6) is 0. The third kappa shape index (κ3) is 1.86. The first-order valence-corrected chi connectivity index (χ1v) is 5.00. The van der Waals surface area contributed by atoms with Crippen LogP contribution in [0.25, 0.3) is 0 Å². The molecule has 0 spiro atoms. The highest BCUT2D eigenvalue weighted by molar-refractivity contribution is 7.86. The molecule has 3 N–H and O–H groups in total. The summed E-state index contributed by atoms with van der Waals surface area (Å²) in [4.78, 5) is 0. The molecule has 0 bridgehead atoms. The molecule has 0 radical (unpaired) electrons. The summed E-state index contributed by atoms with van der Waals surface area (Å²) in [6.45, 7) is 1.79. The quantitative estimate of drug-likeness (QED) is 0.586. The van der Waals surface area contributed by atoms with Crippen molar-refractivity contribution in [3.8, 4) is 0 Å². The number of hydrogen-bond acceptors (Lipinski definition) is 3. The van der Waals surface area contributed by atoms with Crippen molar-refractivity contribution in [1.82, 2.24) is 0 Å². The Morgan fingerprint density at radius 1 is 1.58 bits per heavy atom. The van der Waals surface area contributed by atoms with Gasteiger partial charge in [0.25, 0.3) is 10.1 Å². The summed E-state index contributed by atoms with van der Waals surface area (Å²) in [7, 11) is -4.04. The molecule has 1 atom stereocenters. The van der Waals surface area contributed by atoms with Crippen molar-refractivity contribution in [2.45, 2.75) is 18.6 Å². The maximum absolute atomic E-state index is 10.7. The second-order valence-corrected chi connectivity index (χ2v) is 4.49. The predicted molar refractivity (Wildman–Crippen MR) is 46.0 cm³/mol. The van der Waals surface area contributed by atoms with E-state index in [1.807, 2.05) is 0 Å². The van der Waals surface area contributed by atoms with Crippen LogP contribution in [0.15, 0.2) is 23.4 Å².